The van der Waals surface area contributed by atoms with E-state index in [4.69, 9.17) is 21.7 Å². The third kappa shape index (κ3) is 21.2. The molecule has 0 aliphatic heterocycles. The summed E-state index contributed by atoms with van der Waals surface area (Å²) in [4.78, 5) is 19.3. The topological polar surface area (TPSA) is 173 Å². The van der Waals surface area contributed by atoms with Crippen LogP contribution in [0.25, 0.3) is 0 Å². The molecule has 17 heavy (non-hydrogen) atoms. The molecule has 2 unspecified atom stereocenters. The van der Waals surface area contributed by atoms with Gasteiger partial charge in [0.15, 0.2) is 0 Å². The van der Waals surface area contributed by atoms with Crippen LogP contribution in [-0.2, 0) is 26.7 Å². The maximum atomic E-state index is 9.64. The second kappa shape index (κ2) is 13.4. The van der Waals surface area contributed by atoms with Crippen LogP contribution in [0.4, 0.5) is 0 Å². The Morgan fingerprint density at radius 3 is 1.24 bits per heavy atom. The summed E-state index contributed by atoms with van der Waals surface area (Å²) in [5, 5.41) is 36.2. The monoisotopic (exact) mass is 299 g/mol. The molecule has 0 heterocycles. The minimum absolute atomic E-state index is 0. The minimum Gasteiger partial charge on any atom is -0.550 e. The number of hydrogen-bond donors (Lipinski definition) is 4. The fraction of sp³-hybridized carbons (Fsp3) is 0.750. The number of rotatable bonds is 6. The number of carboxylic acids is 2. The second-order valence-corrected chi connectivity index (χ2v) is 2.93. The Morgan fingerprint density at radius 2 is 1.18 bits per heavy atom. The average Bonchev–Trinajstić information content (AvgIpc) is 2.16. The standard InChI is InChI=1S/2C4H9NO3.Cu/c2*5-2-3(6)1-4(7)8;/h2*3,6H,1-2,5H2,(H,7,8);/q;;+2/p-2. The first kappa shape index (κ1) is 21.6. The Hall–Kier alpha value is -0.701. The van der Waals surface area contributed by atoms with Crippen molar-refractivity contribution in [2.45, 2.75) is 25.0 Å². The summed E-state index contributed by atoms with van der Waals surface area (Å²) < 4.78 is 0. The van der Waals surface area contributed by atoms with E-state index in [9.17, 15) is 19.8 Å². The molecule has 0 amide bonds. The molecule has 9 heteroatoms. The van der Waals surface area contributed by atoms with Gasteiger partial charge in [0.1, 0.15) is 0 Å². The molecule has 0 fully saturated rings. The van der Waals surface area contributed by atoms with Gasteiger partial charge in [-0.05, 0) is 0 Å². The van der Waals surface area contributed by atoms with Gasteiger partial charge in [-0.1, -0.05) is 0 Å². The molecule has 0 spiro atoms. The average molecular weight is 300 g/mol. The molecule has 0 rings (SSSR count). The Labute approximate surface area is 109 Å². The van der Waals surface area contributed by atoms with Crippen molar-refractivity contribution >= 4 is 11.9 Å². The van der Waals surface area contributed by atoms with Gasteiger partial charge in [-0.25, -0.2) is 0 Å². The summed E-state index contributed by atoms with van der Waals surface area (Å²) in [5.74, 6) is -2.55. The van der Waals surface area contributed by atoms with Crippen LogP contribution in [0, 0.1) is 0 Å². The number of aliphatic carboxylic acids is 2. The first-order valence-corrected chi connectivity index (χ1v) is 4.49. The van der Waals surface area contributed by atoms with Crippen molar-refractivity contribution in [1.82, 2.24) is 0 Å². The van der Waals surface area contributed by atoms with E-state index in [1.165, 1.54) is 0 Å². The third-order valence-electron chi connectivity index (χ3n) is 1.35. The van der Waals surface area contributed by atoms with E-state index in [1.54, 1.807) is 0 Å². The van der Waals surface area contributed by atoms with E-state index in [1.807, 2.05) is 0 Å². The Bertz CT molecular complexity index is 194. The van der Waals surface area contributed by atoms with E-state index >= 15 is 0 Å². The molecular weight excluding hydrogens is 284 g/mol. The van der Waals surface area contributed by atoms with Crippen LogP contribution < -0.4 is 21.7 Å². The van der Waals surface area contributed by atoms with Gasteiger partial charge in [0.2, 0.25) is 0 Å². The zero-order chi connectivity index (χ0) is 13.1. The predicted molar refractivity (Wildman–Crippen MR) is 49.4 cm³/mol. The van der Waals surface area contributed by atoms with E-state index in [0.717, 1.165) is 0 Å². The minimum atomic E-state index is -1.28. The van der Waals surface area contributed by atoms with Crippen molar-refractivity contribution in [3.05, 3.63) is 0 Å². The predicted octanol–water partition coefficient (Wildman–Crippen LogP) is -5.11. The maximum Gasteiger partial charge on any atom is 2.00 e. The molecule has 0 aliphatic rings. The fourth-order valence-corrected chi connectivity index (χ4v) is 0.551. The van der Waals surface area contributed by atoms with Crippen LogP contribution >= 0.6 is 0 Å². The van der Waals surface area contributed by atoms with Crippen LogP contribution in [0.3, 0.4) is 0 Å². The molecule has 0 aliphatic carbocycles. The van der Waals surface area contributed by atoms with Crippen LogP contribution in [0.15, 0.2) is 0 Å². The molecule has 2 atom stereocenters. The Morgan fingerprint density at radius 1 is 0.941 bits per heavy atom. The molecule has 0 saturated heterocycles. The van der Waals surface area contributed by atoms with E-state index in [0.29, 0.717) is 0 Å². The van der Waals surface area contributed by atoms with Crippen molar-refractivity contribution in [2.24, 2.45) is 11.5 Å². The normalized spacial score (nSPS) is 12.5. The summed E-state index contributed by atoms with van der Waals surface area (Å²) in [6.07, 6.45) is -2.67. The van der Waals surface area contributed by atoms with Crippen LogP contribution in [0.5, 0.6) is 0 Å². The molecule has 0 saturated carbocycles. The number of carbonyl (C=O) groups excluding carboxylic acids is 2. The molecule has 8 nitrogen and oxygen atoms in total. The first-order valence-electron chi connectivity index (χ1n) is 4.49. The van der Waals surface area contributed by atoms with E-state index < -0.39 is 24.1 Å². The van der Waals surface area contributed by atoms with Crippen LogP contribution in [0.2, 0.25) is 0 Å². The SMILES string of the molecule is NCC(O)CC(=O)[O-].NCC(O)CC(=O)[O-].[Cu+2]. The summed E-state index contributed by atoms with van der Waals surface area (Å²) >= 11 is 0. The molecule has 6 N–H and O–H groups in total. The molecule has 0 bridgehead atoms. The van der Waals surface area contributed by atoms with Crippen LogP contribution in [-0.4, -0.2) is 47.4 Å². The van der Waals surface area contributed by atoms with Crippen molar-refractivity contribution in [3.63, 3.8) is 0 Å². The summed E-state index contributed by atoms with van der Waals surface area (Å²) in [7, 11) is 0. The molecule has 1 radical (unpaired) electrons. The number of hydrogen-bond acceptors (Lipinski definition) is 8. The number of aliphatic hydroxyl groups excluding tert-OH is 2. The maximum absolute atomic E-state index is 9.64. The van der Waals surface area contributed by atoms with Gasteiger partial charge < -0.3 is 41.5 Å². The summed E-state index contributed by atoms with van der Waals surface area (Å²) in [6, 6.07) is 0. The summed E-state index contributed by atoms with van der Waals surface area (Å²) in [5.41, 5.74) is 9.76. The molecule has 0 aromatic heterocycles. The quantitative estimate of drug-likeness (QED) is 0.352. The van der Waals surface area contributed by atoms with Gasteiger partial charge in [0.25, 0.3) is 0 Å². The van der Waals surface area contributed by atoms with Gasteiger partial charge in [-0.2, -0.15) is 0 Å². The molecule has 105 valence electrons. The molecule has 0 aromatic rings. The van der Waals surface area contributed by atoms with E-state index in [-0.39, 0.29) is 43.0 Å². The van der Waals surface area contributed by atoms with Gasteiger partial charge in [-0.15, -0.1) is 0 Å². The number of nitrogens with two attached hydrogens (primary N) is 2. The number of aliphatic hydroxyl groups is 2. The molecular formula is C8H16CuN2O6. The zero-order valence-corrected chi connectivity index (χ0v) is 9.91. The van der Waals surface area contributed by atoms with Crippen molar-refractivity contribution in [1.29, 1.82) is 0 Å². The smallest absolute Gasteiger partial charge is 0.550 e. The molecule has 0 aromatic carbocycles. The Kier molecular flexibility index (Phi) is 17.0. The zero-order valence-electron chi connectivity index (χ0n) is 8.97. The van der Waals surface area contributed by atoms with Gasteiger partial charge >= 0.3 is 17.1 Å². The van der Waals surface area contributed by atoms with E-state index in [2.05, 4.69) is 0 Å². The second-order valence-electron chi connectivity index (χ2n) is 2.93. The fourth-order valence-electron chi connectivity index (χ4n) is 0.551. The number of carbonyl (C=O) groups is 2. The third-order valence-corrected chi connectivity index (χ3v) is 1.35. The first-order chi connectivity index (χ1) is 7.33. The van der Waals surface area contributed by atoms with Gasteiger partial charge in [0, 0.05) is 37.9 Å². The van der Waals surface area contributed by atoms with Gasteiger partial charge in [-0.3, -0.25) is 0 Å². The largest absolute Gasteiger partial charge is 2.00 e. The van der Waals surface area contributed by atoms with Crippen molar-refractivity contribution in [2.75, 3.05) is 13.1 Å². The van der Waals surface area contributed by atoms with Crippen LogP contribution in [0.1, 0.15) is 12.8 Å². The Balaban J connectivity index is -0.000000218. The summed E-state index contributed by atoms with van der Waals surface area (Å²) in [6.45, 7) is -0.0675. The number of carboxylic acid groups (broad SMARTS) is 2. The van der Waals surface area contributed by atoms with Gasteiger partial charge in [0.05, 0.1) is 12.2 Å². The van der Waals surface area contributed by atoms with Crippen molar-refractivity contribution < 1.29 is 47.1 Å². The van der Waals surface area contributed by atoms with Crippen molar-refractivity contribution in [3.8, 4) is 0 Å².